The van der Waals surface area contributed by atoms with E-state index < -0.39 is 46.8 Å². The van der Waals surface area contributed by atoms with Crippen molar-refractivity contribution in [2.24, 2.45) is 0 Å². The zero-order chi connectivity index (χ0) is 21.8. The van der Waals surface area contributed by atoms with Gasteiger partial charge in [0.25, 0.3) is 15.7 Å². The molecule has 1 aliphatic rings. The van der Waals surface area contributed by atoms with Crippen LogP contribution in [0.3, 0.4) is 0 Å². The van der Waals surface area contributed by atoms with Gasteiger partial charge in [-0.25, -0.2) is 4.98 Å². The number of aliphatic hydroxyl groups is 3. The van der Waals surface area contributed by atoms with E-state index >= 15 is 0 Å². The van der Waals surface area contributed by atoms with Crippen molar-refractivity contribution in [2.45, 2.75) is 29.4 Å². The number of benzene rings is 1. The molecule has 3 heterocycles. The molecule has 160 valence electrons. The summed E-state index contributed by atoms with van der Waals surface area (Å²) in [6.45, 7) is -0.574. The molecule has 0 unspecified atom stereocenters. The number of rotatable bonds is 4. The molecule has 4 atom stereocenters. The van der Waals surface area contributed by atoms with Crippen LogP contribution >= 0.6 is 0 Å². The first kappa shape index (κ1) is 20.4. The monoisotopic (exact) mass is 439 g/mol. The standard InChI is InChI=1S/C16H17N5O8S/c17-16-19-13-9(14(25)20-16)18-12(6-1-3-7(4-2-6)30(26,27)28)21(13)15-11(24)10(23)8(5-22)29-15/h1-4,8,10-11,15,22-24H,5H2,(H,26,27,28)(H3,17,19,20,25)/t8-,10-,11-,15-/m1/s1. The Labute approximate surface area is 168 Å². The Bertz CT molecular complexity index is 1270. The normalized spacial score (nSPS) is 24.5. The molecule has 30 heavy (non-hydrogen) atoms. The first-order valence-electron chi connectivity index (χ1n) is 8.60. The van der Waals surface area contributed by atoms with E-state index in [1.165, 1.54) is 16.7 Å². The topological polar surface area (TPSA) is 214 Å². The van der Waals surface area contributed by atoms with Crippen LogP contribution < -0.4 is 11.3 Å². The number of nitrogens with zero attached hydrogens (tertiary/aromatic N) is 3. The second kappa shape index (κ2) is 7.12. The van der Waals surface area contributed by atoms with Crippen molar-refractivity contribution in [3.8, 4) is 11.4 Å². The predicted molar refractivity (Wildman–Crippen MR) is 101 cm³/mol. The molecule has 0 saturated carbocycles. The van der Waals surface area contributed by atoms with Crippen LogP contribution in [0, 0.1) is 0 Å². The van der Waals surface area contributed by atoms with Crippen molar-refractivity contribution in [3.63, 3.8) is 0 Å². The van der Waals surface area contributed by atoms with Crippen LogP contribution in [0.2, 0.25) is 0 Å². The fourth-order valence-electron chi connectivity index (χ4n) is 3.31. The van der Waals surface area contributed by atoms with Gasteiger partial charge in [-0.1, -0.05) is 0 Å². The third-order valence-corrected chi connectivity index (χ3v) is 5.62. The second-order valence-corrected chi connectivity index (χ2v) is 8.08. The minimum Gasteiger partial charge on any atom is -0.394 e. The highest BCUT2D eigenvalue weighted by Crippen LogP contribution is 2.35. The number of hydrogen-bond acceptors (Lipinski definition) is 10. The van der Waals surface area contributed by atoms with E-state index in [2.05, 4.69) is 15.0 Å². The van der Waals surface area contributed by atoms with Crippen LogP contribution in [-0.4, -0.2) is 72.7 Å². The number of nitrogen functional groups attached to an aromatic ring is 1. The second-order valence-electron chi connectivity index (χ2n) is 6.66. The zero-order valence-corrected chi connectivity index (χ0v) is 15.9. The summed E-state index contributed by atoms with van der Waals surface area (Å²) >= 11 is 0. The summed E-state index contributed by atoms with van der Waals surface area (Å²) in [5, 5.41) is 30.0. The third kappa shape index (κ3) is 3.24. The molecular weight excluding hydrogens is 422 g/mol. The van der Waals surface area contributed by atoms with Crippen LogP contribution in [0.25, 0.3) is 22.6 Å². The highest BCUT2D eigenvalue weighted by atomic mass is 32.2. The number of aromatic nitrogens is 4. The highest BCUT2D eigenvalue weighted by molar-refractivity contribution is 7.85. The molecule has 13 nitrogen and oxygen atoms in total. The summed E-state index contributed by atoms with van der Waals surface area (Å²) in [7, 11) is -4.43. The van der Waals surface area contributed by atoms with Gasteiger partial charge in [0, 0.05) is 5.56 Å². The van der Waals surface area contributed by atoms with Gasteiger partial charge in [0.1, 0.15) is 24.1 Å². The number of nitrogens with one attached hydrogen (secondary N) is 1. The molecule has 0 aliphatic carbocycles. The van der Waals surface area contributed by atoms with Gasteiger partial charge in [-0.2, -0.15) is 13.4 Å². The lowest BCUT2D eigenvalue weighted by molar-refractivity contribution is -0.0503. The maximum Gasteiger partial charge on any atom is 0.294 e. The lowest BCUT2D eigenvalue weighted by Gasteiger charge is -2.19. The molecule has 0 bridgehead atoms. The molecule has 0 amide bonds. The van der Waals surface area contributed by atoms with Crippen molar-refractivity contribution < 1.29 is 33.0 Å². The van der Waals surface area contributed by atoms with Crippen LogP contribution in [-0.2, 0) is 14.9 Å². The number of aliphatic hydroxyl groups excluding tert-OH is 3. The molecule has 3 aromatic rings. The third-order valence-electron chi connectivity index (χ3n) is 4.75. The zero-order valence-electron chi connectivity index (χ0n) is 15.1. The lowest BCUT2D eigenvalue weighted by atomic mass is 10.1. The van der Waals surface area contributed by atoms with Crippen molar-refractivity contribution in [1.82, 2.24) is 19.5 Å². The number of imidazole rings is 1. The van der Waals surface area contributed by atoms with E-state index in [4.69, 9.17) is 15.0 Å². The SMILES string of the molecule is Nc1nc2c(nc(-c3ccc(S(=O)(=O)O)cc3)n2[C@@H]2O[C@H](CO)[C@@H](O)[C@H]2O)c(=O)[nH]1. The molecule has 14 heteroatoms. The van der Waals surface area contributed by atoms with E-state index in [-0.39, 0.29) is 33.4 Å². The first-order chi connectivity index (χ1) is 14.1. The van der Waals surface area contributed by atoms with Crippen molar-refractivity contribution >= 4 is 27.2 Å². The van der Waals surface area contributed by atoms with Gasteiger partial charge in [-0.3, -0.25) is 18.9 Å². The minimum absolute atomic E-state index is 0.0466. The van der Waals surface area contributed by atoms with Crippen LogP contribution in [0.5, 0.6) is 0 Å². The van der Waals surface area contributed by atoms with E-state index in [0.717, 1.165) is 12.1 Å². The average Bonchev–Trinajstić information content (AvgIpc) is 3.19. The molecular formula is C16H17N5O8S. The minimum atomic E-state index is -4.43. The number of fused-ring (bicyclic) bond motifs is 1. The van der Waals surface area contributed by atoms with Gasteiger partial charge in [0.05, 0.1) is 11.5 Å². The Kier molecular flexibility index (Phi) is 4.84. The molecule has 7 N–H and O–H groups in total. The average molecular weight is 439 g/mol. The quantitative estimate of drug-likeness (QED) is 0.250. The number of hydrogen-bond donors (Lipinski definition) is 6. The van der Waals surface area contributed by atoms with Gasteiger partial charge in [-0.05, 0) is 24.3 Å². The maximum absolute atomic E-state index is 12.3. The van der Waals surface area contributed by atoms with Gasteiger partial charge < -0.3 is 25.8 Å². The lowest BCUT2D eigenvalue weighted by Crippen LogP contribution is -2.33. The number of ether oxygens (including phenoxy) is 1. The van der Waals surface area contributed by atoms with Crippen LogP contribution in [0.1, 0.15) is 6.23 Å². The summed E-state index contributed by atoms with van der Waals surface area (Å²) in [5.41, 5.74) is 5.05. The summed E-state index contributed by atoms with van der Waals surface area (Å²) in [6, 6.07) is 4.88. The van der Waals surface area contributed by atoms with E-state index in [1.807, 2.05) is 0 Å². The van der Waals surface area contributed by atoms with E-state index in [1.54, 1.807) is 0 Å². The maximum atomic E-state index is 12.3. The molecule has 2 aromatic heterocycles. The smallest absolute Gasteiger partial charge is 0.294 e. The Balaban J connectivity index is 1.95. The fourth-order valence-corrected chi connectivity index (χ4v) is 3.79. The van der Waals surface area contributed by atoms with Crippen molar-refractivity contribution in [1.29, 1.82) is 0 Å². The predicted octanol–water partition coefficient (Wildman–Crippen LogP) is -1.77. The molecule has 0 radical (unpaired) electrons. The van der Waals surface area contributed by atoms with Crippen molar-refractivity contribution in [3.05, 3.63) is 34.6 Å². The fraction of sp³-hybridized carbons (Fsp3) is 0.312. The number of aromatic amines is 1. The van der Waals surface area contributed by atoms with Gasteiger partial charge in [-0.15, -0.1) is 0 Å². The molecule has 0 spiro atoms. The van der Waals surface area contributed by atoms with Gasteiger partial charge in [0.15, 0.2) is 17.4 Å². The Morgan fingerprint density at radius 1 is 1.17 bits per heavy atom. The molecule has 4 rings (SSSR count). The summed E-state index contributed by atoms with van der Waals surface area (Å²) < 4.78 is 38.5. The van der Waals surface area contributed by atoms with Crippen molar-refractivity contribution in [2.75, 3.05) is 12.3 Å². The van der Waals surface area contributed by atoms with Crippen LogP contribution in [0.15, 0.2) is 34.0 Å². The molecule has 1 aliphatic heterocycles. The van der Waals surface area contributed by atoms with Gasteiger partial charge in [0.2, 0.25) is 5.95 Å². The largest absolute Gasteiger partial charge is 0.394 e. The Morgan fingerprint density at radius 2 is 1.83 bits per heavy atom. The summed E-state index contributed by atoms with van der Waals surface area (Å²) in [5.74, 6) is -0.181. The van der Waals surface area contributed by atoms with E-state index in [0.29, 0.717) is 0 Å². The van der Waals surface area contributed by atoms with E-state index in [9.17, 15) is 28.5 Å². The Morgan fingerprint density at radius 3 is 2.40 bits per heavy atom. The van der Waals surface area contributed by atoms with Gasteiger partial charge >= 0.3 is 0 Å². The first-order valence-corrected chi connectivity index (χ1v) is 10.0. The number of anilines is 1. The molecule has 1 aromatic carbocycles. The van der Waals surface area contributed by atoms with Crippen LogP contribution in [0.4, 0.5) is 5.95 Å². The molecule has 1 fully saturated rings. The highest BCUT2D eigenvalue weighted by Gasteiger charge is 2.45. The summed E-state index contributed by atoms with van der Waals surface area (Å²) in [4.78, 5) is 22.5. The Hall–Kier alpha value is -2.88. The number of H-pyrrole nitrogens is 1. The molecule has 1 saturated heterocycles. The summed E-state index contributed by atoms with van der Waals surface area (Å²) in [6.07, 6.45) is -5.31. The number of nitrogens with two attached hydrogens (primary N) is 1.